The van der Waals surface area contributed by atoms with Gasteiger partial charge in [0.15, 0.2) is 5.13 Å². The Morgan fingerprint density at radius 3 is 2.83 bits per heavy atom. The third-order valence-electron chi connectivity index (χ3n) is 3.35. The number of ether oxygens (including phenoxy) is 1. The van der Waals surface area contributed by atoms with Crippen LogP contribution in [0.2, 0.25) is 0 Å². The Morgan fingerprint density at radius 2 is 2.09 bits per heavy atom. The number of thiazole rings is 1. The number of aryl methyl sites for hydroxylation is 1. The number of nitrogens with one attached hydrogen (secondary N) is 3. The zero-order valence-corrected chi connectivity index (χ0v) is 13.3. The fraction of sp³-hybridized carbons (Fsp3) is 0.267. The van der Waals surface area contributed by atoms with Crippen LogP contribution in [0.4, 0.5) is 15.6 Å². The standard InChI is InChI=1S/C15H16N4O3S/c1-22-10-6-4-9(5-7-10)17-14(21)19-15-18-11-3-2-8-16-13(20)12(11)23-15/h4-7H,2-3,8H2,1H3,(H,16,20)(H2,17,18,19,21). The number of rotatable bonds is 3. The number of urea groups is 1. The molecule has 1 aromatic heterocycles. The first-order valence-electron chi connectivity index (χ1n) is 7.15. The van der Waals surface area contributed by atoms with Crippen LogP contribution in [-0.2, 0) is 6.42 Å². The number of anilines is 2. The predicted octanol–water partition coefficient (Wildman–Crippen LogP) is 2.47. The maximum Gasteiger partial charge on any atom is 0.325 e. The Bertz CT molecular complexity index is 727. The summed E-state index contributed by atoms with van der Waals surface area (Å²) in [6.45, 7) is 0.655. The van der Waals surface area contributed by atoms with Gasteiger partial charge < -0.3 is 15.4 Å². The highest BCUT2D eigenvalue weighted by molar-refractivity contribution is 7.17. The minimum absolute atomic E-state index is 0.126. The van der Waals surface area contributed by atoms with Crippen LogP contribution >= 0.6 is 11.3 Å². The van der Waals surface area contributed by atoms with E-state index in [4.69, 9.17) is 4.74 Å². The Morgan fingerprint density at radius 1 is 1.30 bits per heavy atom. The largest absolute Gasteiger partial charge is 0.497 e. The average Bonchev–Trinajstić information content (AvgIpc) is 2.87. The Hall–Kier alpha value is -2.61. The molecule has 0 saturated carbocycles. The molecular weight excluding hydrogens is 316 g/mol. The van der Waals surface area contributed by atoms with E-state index in [0.717, 1.165) is 18.5 Å². The van der Waals surface area contributed by atoms with E-state index in [1.165, 1.54) is 11.3 Å². The normalized spacial score (nSPS) is 13.5. The van der Waals surface area contributed by atoms with Crippen LogP contribution in [0.5, 0.6) is 5.75 Å². The molecule has 3 rings (SSSR count). The van der Waals surface area contributed by atoms with Gasteiger partial charge in [0.2, 0.25) is 0 Å². The maximum absolute atomic E-state index is 12.0. The maximum atomic E-state index is 12.0. The second kappa shape index (κ2) is 6.66. The summed E-state index contributed by atoms with van der Waals surface area (Å²) in [6.07, 6.45) is 1.58. The first-order valence-corrected chi connectivity index (χ1v) is 7.97. The van der Waals surface area contributed by atoms with Gasteiger partial charge in [-0.3, -0.25) is 10.1 Å². The first-order chi connectivity index (χ1) is 11.2. The van der Waals surface area contributed by atoms with Crippen molar-refractivity contribution in [2.45, 2.75) is 12.8 Å². The van der Waals surface area contributed by atoms with Gasteiger partial charge in [-0.1, -0.05) is 11.3 Å². The SMILES string of the molecule is COc1ccc(NC(=O)Nc2nc3c(s2)C(=O)NCCC3)cc1. The van der Waals surface area contributed by atoms with Gasteiger partial charge in [-0.25, -0.2) is 9.78 Å². The molecule has 23 heavy (non-hydrogen) atoms. The minimum atomic E-state index is -0.403. The molecule has 1 aliphatic rings. The van der Waals surface area contributed by atoms with Crippen LogP contribution in [0.3, 0.4) is 0 Å². The summed E-state index contributed by atoms with van der Waals surface area (Å²) in [6, 6.07) is 6.59. The molecule has 0 fully saturated rings. The van der Waals surface area contributed by atoms with Gasteiger partial charge in [-0.15, -0.1) is 0 Å². The molecule has 0 radical (unpaired) electrons. The van der Waals surface area contributed by atoms with Crippen LogP contribution in [0.15, 0.2) is 24.3 Å². The highest BCUT2D eigenvalue weighted by atomic mass is 32.1. The summed E-state index contributed by atoms with van der Waals surface area (Å²) < 4.78 is 5.06. The predicted molar refractivity (Wildman–Crippen MR) is 88.4 cm³/mol. The topological polar surface area (TPSA) is 92.3 Å². The zero-order valence-electron chi connectivity index (χ0n) is 12.5. The highest BCUT2D eigenvalue weighted by Gasteiger charge is 2.21. The molecule has 7 nitrogen and oxygen atoms in total. The van der Waals surface area contributed by atoms with Gasteiger partial charge in [-0.2, -0.15) is 0 Å². The van der Waals surface area contributed by atoms with Crippen molar-refractivity contribution >= 4 is 34.1 Å². The number of amides is 3. The van der Waals surface area contributed by atoms with E-state index in [1.807, 2.05) is 0 Å². The second-order valence-electron chi connectivity index (χ2n) is 4.96. The van der Waals surface area contributed by atoms with Gasteiger partial charge >= 0.3 is 6.03 Å². The van der Waals surface area contributed by atoms with E-state index < -0.39 is 6.03 Å². The van der Waals surface area contributed by atoms with Crippen molar-refractivity contribution in [3.05, 3.63) is 34.8 Å². The van der Waals surface area contributed by atoms with Crippen LogP contribution < -0.4 is 20.7 Å². The highest BCUT2D eigenvalue weighted by Crippen LogP contribution is 2.25. The van der Waals surface area contributed by atoms with Gasteiger partial charge in [0.05, 0.1) is 12.8 Å². The van der Waals surface area contributed by atoms with Crippen molar-refractivity contribution in [2.75, 3.05) is 24.3 Å². The lowest BCUT2D eigenvalue weighted by molar-refractivity contribution is 0.0960. The Labute approximate surface area is 137 Å². The molecule has 2 heterocycles. The molecule has 120 valence electrons. The van der Waals surface area contributed by atoms with Crippen molar-refractivity contribution in [1.29, 1.82) is 0 Å². The van der Waals surface area contributed by atoms with Crippen molar-refractivity contribution < 1.29 is 14.3 Å². The molecule has 8 heteroatoms. The van der Waals surface area contributed by atoms with Crippen LogP contribution in [-0.4, -0.2) is 30.6 Å². The minimum Gasteiger partial charge on any atom is -0.497 e. The third kappa shape index (κ3) is 3.59. The number of aromatic nitrogens is 1. The number of hydrogen-bond donors (Lipinski definition) is 3. The third-order valence-corrected chi connectivity index (χ3v) is 4.36. The number of benzene rings is 1. The molecular formula is C15H16N4O3S. The number of carbonyl (C=O) groups excluding carboxylic acids is 2. The Kier molecular flexibility index (Phi) is 4.42. The van der Waals surface area contributed by atoms with Gasteiger partial charge in [0.1, 0.15) is 10.6 Å². The van der Waals surface area contributed by atoms with Crippen LogP contribution in [0, 0.1) is 0 Å². The molecule has 0 spiro atoms. The molecule has 0 unspecified atom stereocenters. The first kappa shape index (κ1) is 15.3. The average molecular weight is 332 g/mol. The van der Waals surface area contributed by atoms with E-state index >= 15 is 0 Å². The quantitative estimate of drug-likeness (QED) is 0.805. The monoisotopic (exact) mass is 332 g/mol. The molecule has 1 aliphatic heterocycles. The lowest BCUT2D eigenvalue weighted by Crippen LogP contribution is -2.21. The van der Waals surface area contributed by atoms with E-state index in [2.05, 4.69) is 20.9 Å². The lowest BCUT2D eigenvalue weighted by atomic mass is 10.2. The van der Waals surface area contributed by atoms with E-state index in [9.17, 15) is 9.59 Å². The molecule has 3 amide bonds. The summed E-state index contributed by atoms with van der Waals surface area (Å²) >= 11 is 1.19. The molecule has 1 aromatic carbocycles. The summed E-state index contributed by atoms with van der Waals surface area (Å²) in [7, 11) is 1.58. The second-order valence-corrected chi connectivity index (χ2v) is 5.96. The molecule has 2 aromatic rings. The smallest absolute Gasteiger partial charge is 0.325 e. The fourth-order valence-electron chi connectivity index (χ4n) is 2.22. The van der Waals surface area contributed by atoms with Crippen LogP contribution in [0.25, 0.3) is 0 Å². The number of nitrogens with zero attached hydrogens (tertiary/aromatic N) is 1. The van der Waals surface area contributed by atoms with Crippen molar-refractivity contribution in [3.8, 4) is 5.75 Å². The lowest BCUT2D eigenvalue weighted by Gasteiger charge is -2.06. The van der Waals surface area contributed by atoms with E-state index in [-0.39, 0.29) is 5.91 Å². The summed E-state index contributed by atoms with van der Waals surface area (Å²) in [5, 5.41) is 8.59. The number of methoxy groups -OCH3 is 1. The van der Waals surface area contributed by atoms with Gasteiger partial charge in [0, 0.05) is 12.2 Å². The van der Waals surface area contributed by atoms with E-state index in [1.54, 1.807) is 31.4 Å². The van der Waals surface area contributed by atoms with Crippen LogP contribution in [0.1, 0.15) is 21.8 Å². The van der Waals surface area contributed by atoms with Gasteiger partial charge in [-0.05, 0) is 37.1 Å². The molecule has 0 saturated heterocycles. The molecule has 0 atom stereocenters. The number of fused-ring (bicyclic) bond motifs is 1. The molecule has 0 aliphatic carbocycles. The Balaban J connectivity index is 1.66. The summed E-state index contributed by atoms with van der Waals surface area (Å²) in [5.74, 6) is 0.587. The number of hydrogen-bond acceptors (Lipinski definition) is 5. The molecule has 3 N–H and O–H groups in total. The van der Waals surface area contributed by atoms with Crippen molar-refractivity contribution in [1.82, 2.24) is 10.3 Å². The van der Waals surface area contributed by atoms with Crippen molar-refractivity contribution in [3.63, 3.8) is 0 Å². The summed E-state index contributed by atoms with van der Waals surface area (Å²) in [5.41, 5.74) is 1.38. The fourth-order valence-corrected chi connectivity index (χ4v) is 3.15. The van der Waals surface area contributed by atoms with Crippen molar-refractivity contribution in [2.24, 2.45) is 0 Å². The summed E-state index contributed by atoms with van der Waals surface area (Å²) in [4.78, 5) is 28.8. The van der Waals surface area contributed by atoms with Gasteiger partial charge in [0.25, 0.3) is 5.91 Å². The molecule has 0 bridgehead atoms. The van der Waals surface area contributed by atoms with E-state index in [0.29, 0.717) is 28.0 Å². The zero-order chi connectivity index (χ0) is 16.2. The number of carbonyl (C=O) groups is 2.